The number of fused-ring (bicyclic) bond motifs is 3. The van der Waals surface area contributed by atoms with E-state index in [4.69, 9.17) is 0 Å². The fourth-order valence-electron chi connectivity index (χ4n) is 3.97. The summed E-state index contributed by atoms with van der Waals surface area (Å²) in [7, 11) is 0. The van der Waals surface area contributed by atoms with Crippen molar-refractivity contribution < 1.29 is 8.78 Å². The molecule has 2 nitrogen and oxygen atoms in total. The van der Waals surface area contributed by atoms with Crippen LogP contribution in [-0.2, 0) is 0 Å². The van der Waals surface area contributed by atoms with Crippen molar-refractivity contribution in [2.24, 2.45) is 5.92 Å². The van der Waals surface area contributed by atoms with E-state index in [9.17, 15) is 8.78 Å². The van der Waals surface area contributed by atoms with Crippen LogP contribution in [0.25, 0.3) is 0 Å². The quantitative estimate of drug-likeness (QED) is 0.840. The average molecular weight is 286 g/mol. The van der Waals surface area contributed by atoms with Gasteiger partial charge in [0.25, 0.3) is 0 Å². The number of benzene rings is 1. The number of nitrogens with zero attached hydrogens (tertiary/aromatic N) is 1. The summed E-state index contributed by atoms with van der Waals surface area (Å²) in [6, 6.07) is 6.43. The molecule has 2 heterocycles. The largest absolute Gasteiger partial charge is 0.375 e. The van der Waals surface area contributed by atoms with E-state index in [1.54, 1.807) is 6.20 Å². The number of aromatic nitrogens is 1. The Bertz CT molecular complexity index is 672. The van der Waals surface area contributed by atoms with Crippen LogP contribution in [0.3, 0.4) is 0 Å². The Labute approximate surface area is 122 Å². The molecule has 2 aliphatic rings. The minimum atomic E-state index is -0.496. The summed E-state index contributed by atoms with van der Waals surface area (Å²) in [6.45, 7) is 0. The van der Waals surface area contributed by atoms with Crippen LogP contribution in [0, 0.1) is 17.6 Å². The molecule has 1 aromatic heterocycles. The number of hydrogen-bond donors (Lipinski definition) is 1. The number of nitrogens with one attached hydrogen (secondary N) is 1. The van der Waals surface area contributed by atoms with Crippen LogP contribution < -0.4 is 5.32 Å². The minimum Gasteiger partial charge on any atom is -0.375 e. The minimum absolute atomic E-state index is 0.0543. The smallest absolute Gasteiger partial charge is 0.149 e. The molecule has 108 valence electrons. The molecular weight excluding hydrogens is 270 g/mol. The van der Waals surface area contributed by atoms with Crippen LogP contribution in [0.1, 0.15) is 42.3 Å². The molecule has 1 aliphatic heterocycles. The zero-order valence-corrected chi connectivity index (χ0v) is 11.5. The van der Waals surface area contributed by atoms with Crippen LogP contribution in [0.15, 0.2) is 36.7 Å². The Morgan fingerprint density at radius 1 is 1.19 bits per heavy atom. The highest BCUT2D eigenvalue weighted by Gasteiger charge is 2.41. The van der Waals surface area contributed by atoms with E-state index in [2.05, 4.69) is 10.3 Å². The van der Waals surface area contributed by atoms with Crippen molar-refractivity contribution in [1.82, 2.24) is 4.98 Å². The molecule has 1 saturated carbocycles. The van der Waals surface area contributed by atoms with E-state index in [1.165, 1.54) is 6.07 Å². The van der Waals surface area contributed by atoms with Crippen molar-refractivity contribution in [1.29, 1.82) is 0 Å². The summed E-state index contributed by atoms with van der Waals surface area (Å²) in [6.07, 6.45) is 6.75. The lowest BCUT2D eigenvalue weighted by Gasteiger charge is -2.37. The van der Waals surface area contributed by atoms with E-state index in [0.29, 0.717) is 11.6 Å². The molecule has 4 heteroatoms. The fourth-order valence-corrected chi connectivity index (χ4v) is 3.97. The third-order valence-electron chi connectivity index (χ3n) is 4.83. The number of anilines is 1. The second kappa shape index (κ2) is 4.79. The van der Waals surface area contributed by atoms with Crippen molar-refractivity contribution in [2.75, 3.05) is 5.32 Å². The first-order chi connectivity index (χ1) is 10.2. The van der Waals surface area contributed by atoms with Gasteiger partial charge in [0.15, 0.2) is 0 Å². The van der Waals surface area contributed by atoms with Gasteiger partial charge in [0, 0.05) is 18.5 Å². The molecule has 1 aromatic carbocycles. The summed E-state index contributed by atoms with van der Waals surface area (Å²) in [5.41, 5.74) is 2.34. The Balaban J connectivity index is 1.83. The maximum absolute atomic E-state index is 14.2. The van der Waals surface area contributed by atoms with Gasteiger partial charge in [0.05, 0.1) is 11.7 Å². The molecule has 0 unspecified atom stereocenters. The van der Waals surface area contributed by atoms with Gasteiger partial charge in [-0.3, -0.25) is 4.98 Å². The maximum atomic E-state index is 14.2. The van der Waals surface area contributed by atoms with E-state index in [0.717, 1.165) is 36.5 Å². The third kappa shape index (κ3) is 2.01. The normalized spacial score (nSPS) is 26.9. The lowest BCUT2D eigenvalue weighted by atomic mass is 9.77. The molecule has 0 bridgehead atoms. The van der Waals surface area contributed by atoms with Crippen molar-refractivity contribution in [3.8, 4) is 0 Å². The Morgan fingerprint density at radius 2 is 2.10 bits per heavy atom. The third-order valence-corrected chi connectivity index (χ3v) is 4.83. The zero-order valence-electron chi connectivity index (χ0n) is 11.5. The van der Waals surface area contributed by atoms with E-state index in [1.807, 2.05) is 18.3 Å². The standard InChI is InChI=1S/C17H16F2N2/c18-11-7-14-12-4-1-5-13(12)16(10-3-2-6-20-9-10)21-17(14)15(19)8-11/h2-3,6-9,12-13,16,21H,1,4-5H2/t12-,13+,16+/m1/s1. The second-order valence-corrected chi connectivity index (χ2v) is 5.96. The molecule has 1 N–H and O–H groups in total. The first-order valence-corrected chi connectivity index (χ1v) is 7.39. The fraction of sp³-hybridized carbons (Fsp3) is 0.353. The van der Waals surface area contributed by atoms with Crippen molar-refractivity contribution >= 4 is 5.69 Å². The van der Waals surface area contributed by atoms with E-state index in [-0.39, 0.29) is 12.0 Å². The highest BCUT2D eigenvalue weighted by molar-refractivity contribution is 5.59. The monoisotopic (exact) mass is 286 g/mol. The SMILES string of the molecule is Fc1cc(F)c2c(c1)[C@@H]1CCC[C@@H]1[C@H](c1cccnc1)N2. The molecule has 2 aromatic rings. The first-order valence-electron chi connectivity index (χ1n) is 7.39. The van der Waals surface area contributed by atoms with Crippen LogP contribution in [0.5, 0.6) is 0 Å². The number of hydrogen-bond acceptors (Lipinski definition) is 2. The summed E-state index contributed by atoms with van der Waals surface area (Å²) < 4.78 is 27.7. The van der Waals surface area contributed by atoms with Crippen LogP contribution in [0.2, 0.25) is 0 Å². The maximum Gasteiger partial charge on any atom is 0.149 e. The predicted octanol–water partition coefficient (Wildman–Crippen LogP) is 4.41. The highest BCUT2D eigenvalue weighted by Crippen LogP contribution is 2.53. The van der Waals surface area contributed by atoms with Gasteiger partial charge in [-0.1, -0.05) is 12.5 Å². The van der Waals surface area contributed by atoms with Gasteiger partial charge < -0.3 is 5.32 Å². The van der Waals surface area contributed by atoms with Crippen molar-refractivity contribution in [3.05, 3.63) is 59.4 Å². The van der Waals surface area contributed by atoms with Gasteiger partial charge in [-0.05, 0) is 47.9 Å². The summed E-state index contributed by atoms with van der Waals surface area (Å²) >= 11 is 0. The van der Waals surface area contributed by atoms with Gasteiger partial charge in [0.1, 0.15) is 11.6 Å². The molecule has 3 atom stereocenters. The van der Waals surface area contributed by atoms with Crippen LogP contribution in [-0.4, -0.2) is 4.98 Å². The lowest BCUT2D eigenvalue weighted by molar-refractivity contribution is 0.399. The second-order valence-electron chi connectivity index (χ2n) is 5.96. The lowest BCUT2D eigenvalue weighted by Crippen LogP contribution is -2.29. The molecule has 0 radical (unpaired) electrons. The van der Waals surface area contributed by atoms with Gasteiger partial charge in [0.2, 0.25) is 0 Å². The molecule has 21 heavy (non-hydrogen) atoms. The number of halogens is 2. The summed E-state index contributed by atoms with van der Waals surface area (Å²) in [5, 5.41) is 3.30. The van der Waals surface area contributed by atoms with Gasteiger partial charge in [-0.2, -0.15) is 0 Å². The predicted molar refractivity (Wildman–Crippen MR) is 77.0 cm³/mol. The van der Waals surface area contributed by atoms with E-state index >= 15 is 0 Å². The summed E-state index contributed by atoms with van der Waals surface area (Å²) in [5.74, 6) is -0.373. The Hall–Kier alpha value is -1.97. The Morgan fingerprint density at radius 3 is 2.90 bits per heavy atom. The zero-order chi connectivity index (χ0) is 14.4. The number of rotatable bonds is 1. The molecular formula is C17H16F2N2. The van der Waals surface area contributed by atoms with Crippen molar-refractivity contribution in [3.63, 3.8) is 0 Å². The molecule has 1 fully saturated rings. The molecule has 0 amide bonds. The molecule has 1 aliphatic carbocycles. The topological polar surface area (TPSA) is 24.9 Å². The van der Waals surface area contributed by atoms with E-state index < -0.39 is 11.6 Å². The molecule has 0 spiro atoms. The van der Waals surface area contributed by atoms with Gasteiger partial charge in [-0.15, -0.1) is 0 Å². The summed E-state index contributed by atoms with van der Waals surface area (Å²) in [4.78, 5) is 4.17. The van der Waals surface area contributed by atoms with Gasteiger partial charge >= 0.3 is 0 Å². The van der Waals surface area contributed by atoms with Crippen LogP contribution in [0.4, 0.5) is 14.5 Å². The van der Waals surface area contributed by atoms with Crippen LogP contribution >= 0.6 is 0 Å². The molecule has 0 saturated heterocycles. The first kappa shape index (κ1) is 12.7. The van der Waals surface area contributed by atoms with Gasteiger partial charge in [-0.25, -0.2) is 8.78 Å². The average Bonchev–Trinajstić information content (AvgIpc) is 2.97. The molecule has 4 rings (SSSR count). The number of pyridine rings is 1. The Kier molecular flexibility index (Phi) is 2.91. The van der Waals surface area contributed by atoms with Crippen molar-refractivity contribution in [2.45, 2.75) is 31.2 Å². The highest BCUT2D eigenvalue weighted by atomic mass is 19.1.